The molecule has 1 amide bonds. The summed E-state index contributed by atoms with van der Waals surface area (Å²) in [6.45, 7) is 6.38. The van der Waals surface area contributed by atoms with Crippen molar-refractivity contribution in [3.8, 4) is 11.5 Å². The van der Waals surface area contributed by atoms with Gasteiger partial charge in [-0.2, -0.15) is 0 Å². The molecule has 3 aromatic rings. The molecule has 2 N–H and O–H groups in total. The summed E-state index contributed by atoms with van der Waals surface area (Å²) in [7, 11) is 3.17. The van der Waals surface area contributed by atoms with E-state index in [-0.39, 0.29) is 11.3 Å². The monoisotopic (exact) mass is 352 g/mol. The van der Waals surface area contributed by atoms with Crippen LogP contribution in [0.2, 0.25) is 0 Å². The van der Waals surface area contributed by atoms with E-state index < -0.39 is 0 Å². The third-order valence-electron chi connectivity index (χ3n) is 4.41. The molecule has 0 bridgehead atoms. The maximum atomic E-state index is 12.9. The van der Waals surface area contributed by atoms with Crippen LogP contribution in [-0.2, 0) is 5.41 Å². The van der Waals surface area contributed by atoms with Crippen molar-refractivity contribution in [1.82, 2.24) is 4.98 Å². The van der Waals surface area contributed by atoms with Crippen LogP contribution in [0.25, 0.3) is 10.9 Å². The molecule has 0 aliphatic heterocycles. The maximum Gasteiger partial charge on any atom is 0.257 e. The lowest BCUT2D eigenvalue weighted by molar-refractivity contribution is 0.102. The molecule has 136 valence electrons. The molecule has 0 unspecified atom stereocenters. The maximum absolute atomic E-state index is 12.9. The summed E-state index contributed by atoms with van der Waals surface area (Å²) >= 11 is 0. The highest BCUT2D eigenvalue weighted by Crippen LogP contribution is 2.34. The smallest absolute Gasteiger partial charge is 0.257 e. The van der Waals surface area contributed by atoms with E-state index in [1.807, 2.05) is 36.4 Å². The molecule has 26 heavy (non-hydrogen) atoms. The number of ether oxygens (including phenoxy) is 2. The number of nitrogens with one attached hydrogen (secondary N) is 2. The highest BCUT2D eigenvalue weighted by atomic mass is 16.5. The lowest BCUT2D eigenvalue weighted by Gasteiger charge is -2.23. The van der Waals surface area contributed by atoms with Gasteiger partial charge in [0.25, 0.3) is 5.91 Å². The van der Waals surface area contributed by atoms with Crippen LogP contribution in [0, 0.1) is 0 Å². The summed E-state index contributed by atoms with van der Waals surface area (Å²) in [5.41, 5.74) is 3.22. The van der Waals surface area contributed by atoms with Crippen LogP contribution in [0.4, 0.5) is 5.69 Å². The zero-order valence-corrected chi connectivity index (χ0v) is 15.8. The highest BCUT2D eigenvalue weighted by Gasteiger charge is 2.20. The van der Waals surface area contributed by atoms with Crippen LogP contribution in [0.3, 0.4) is 0 Å². The fourth-order valence-electron chi connectivity index (χ4n) is 3.07. The van der Waals surface area contributed by atoms with Gasteiger partial charge in [0.1, 0.15) is 0 Å². The minimum absolute atomic E-state index is 0.0688. The van der Waals surface area contributed by atoms with Crippen LogP contribution < -0.4 is 14.8 Å². The number of amides is 1. The molecule has 0 fully saturated rings. The third kappa shape index (κ3) is 3.25. The van der Waals surface area contributed by atoms with Crippen molar-refractivity contribution in [1.29, 1.82) is 0 Å². The van der Waals surface area contributed by atoms with Crippen molar-refractivity contribution >= 4 is 22.5 Å². The van der Waals surface area contributed by atoms with Gasteiger partial charge in [0.2, 0.25) is 0 Å². The molecule has 0 radical (unpaired) electrons. The normalized spacial score (nSPS) is 11.4. The van der Waals surface area contributed by atoms with E-state index >= 15 is 0 Å². The van der Waals surface area contributed by atoms with Gasteiger partial charge < -0.3 is 19.8 Å². The number of carbonyl (C=O) groups is 1. The van der Waals surface area contributed by atoms with E-state index in [1.165, 1.54) is 0 Å². The summed E-state index contributed by atoms with van der Waals surface area (Å²) in [5.74, 6) is 1.04. The molecule has 0 atom stereocenters. The number of methoxy groups -OCH3 is 2. The molecule has 2 aromatic carbocycles. The van der Waals surface area contributed by atoms with Gasteiger partial charge in [0.15, 0.2) is 11.5 Å². The molecule has 0 aliphatic rings. The number of carbonyl (C=O) groups excluding carboxylic acids is 1. The van der Waals surface area contributed by atoms with E-state index in [0.717, 1.165) is 22.2 Å². The Kier molecular flexibility index (Phi) is 4.64. The van der Waals surface area contributed by atoms with E-state index in [0.29, 0.717) is 17.1 Å². The number of para-hydroxylation sites is 1. The van der Waals surface area contributed by atoms with Crippen LogP contribution in [0.15, 0.2) is 42.6 Å². The predicted octanol–water partition coefficient (Wildman–Crippen LogP) is 4.73. The van der Waals surface area contributed by atoms with Crippen LogP contribution >= 0.6 is 0 Å². The summed E-state index contributed by atoms with van der Waals surface area (Å²) in [6, 6.07) is 11.5. The van der Waals surface area contributed by atoms with Gasteiger partial charge in [-0.15, -0.1) is 0 Å². The molecule has 3 rings (SSSR count). The zero-order chi connectivity index (χ0) is 18.9. The predicted molar refractivity (Wildman–Crippen MR) is 104 cm³/mol. The topological polar surface area (TPSA) is 63.4 Å². The second kappa shape index (κ2) is 6.75. The Bertz CT molecular complexity index is 952. The number of fused-ring (bicyclic) bond motifs is 1. The minimum Gasteiger partial charge on any atom is -0.493 e. The van der Waals surface area contributed by atoms with Crippen molar-refractivity contribution in [2.24, 2.45) is 0 Å². The lowest BCUT2D eigenvalue weighted by atomic mass is 9.86. The molecule has 1 aromatic heterocycles. The second-order valence-electron chi connectivity index (χ2n) is 7.20. The van der Waals surface area contributed by atoms with Crippen molar-refractivity contribution < 1.29 is 14.3 Å². The lowest BCUT2D eigenvalue weighted by Crippen LogP contribution is -2.18. The van der Waals surface area contributed by atoms with Gasteiger partial charge in [0, 0.05) is 23.3 Å². The van der Waals surface area contributed by atoms with E-state index in [9.17, 15) is 4.79 Å². The number of hydrogen-bond acceptors (Lipinski definition) is 3. The average molecular weight is 352 g/mol. The Hall–Kier alpha value is -2.95. The number of aromatic amines is 1. The van der Waals surface area contributed by atoms with Gasteiger partial charge in [-0.25, -0.2) is 0 Å². The van der Waals surface area contributed by atoms with E-state index in [2.05, 4.69) is 31.1 Å². The molecule has 0 saturated heterocycles. The SMILES string of the molecule is COc1cc2[nH]cc(C(=O)Nc3ccccc3C(C)(C)C)c2cc1OC. The zero-order valence-electron chi connectivity index (χ0n) is 15.8. The Balaban J connectivity index is 1.99. The van der Waals surface area contributed by atoms with E-state index in [1.54, 1.807) is 20.4 Å². The number of anilines is 1. The second-order valence-corrected chi connectivity index (χ2v) is 7.20. The van der Waals surface area contributed by atoms with Gasteiger partial charge >= 0.3 is 0 Å². The summed E-state index contributed by atoms with van der Waals surface area (Å²) in [5, 5.41) is 3.83. The van der Waals surface area contributed by atoms with Crippen molar-refractivity contribution in [2.75, 3.05) is 19.5 Å². The molecular weight excluding hydrogens is 328 g/mol. The quantitative estimate of drug-likeness (QED) is 0.713. The number of H-pyrrole nitrogens is 1. The van der Waals surface area contributed by atoms with Crippen LogP contribution in [-0.4, -0.2) is 25.1 Å². The Morgan fingerprint density at radius 1 is 1.04 bits per heavy atom. The standard InChI is InChI=1S/C21H24N2O3/c1-21(2,3)15-8-6-7-9-16(15)23-20(24)14-12-22-17-11-19(26-5)18(25-4)10-13(14)17/h6-12,22H,1-5H3,(H,23,24). The Morgan fingerprint density at radius 3 is 2.35 bits per heavy atom. The Morgan fingerprint density at radius 2 is 1.69 bits per heavy atom. The largest absolute Gasteiger partial charge is 0.493 e. The highest BCUT2D eigenvalue weighted by molar-refractivity contribution is 6.13. The van der Waals surface area contributed by atoms with Gasteiger partial charge in [-0.3, -0.25) is 4.79 Å². The fraction of sp³-hybridized carbons (Fsp3) is 0.286. The Labute approximate surface area is 153 Å². The first-order chi connectivity index (χ1) is 12.3. The van der Waals surface area contributed by atoms with Crippen LogP contribution in [0.1, 0.15) is 36.7 Å². The minimum atomic E-state index is -0.167. The first-order valence-corrected chi connectivity index (χ1v) is 8.49. The number of aromatic nitrogens is 1. The fourth-order valence-corrected chi connectivity index (χ4v) is 3.07. The molecular formula is C21H24N2O3. The molecule has 0 saturated carbocycles. The summed E-state index contributed by atoms with van der Waals surface area (Å²) in [6.07, 6.45) is 1.71. The number of benzene rings is 2. The van der Waals surface area contributed by atoms with Gasteiger partial charge in [0.05, 0.1) is 25.3 Å². The molecule has 1 heterocycles. The molecule has 5 heteroatoms. The van der Waals surface area contributed by atoms with Crippen molar-refractivity contribution in [2.45, 2.75) is 26.2 Å². The van der Waals surface area contributed by atoms with Crippen molar-refractivity contribution in [3.05, 3.63) is 53.7 Å². The average Bonchev–Trinajstić information content (AvgIpc) is 3.02. The number of hydrogen-bond donors (Lipinski definition) is 2. The van der Waals surface area contributed by atoms with Crippen LogP contribution in [0.5, 0.6) is 11.5 Å². The van der Waals surface area contributed by atoms with Gasteiger partial charge in [-0.05, 0) is 23.1 Å². The molecule has 0 aliphatic carbocycles. The summed E-state index contributed by atoms with van der Waals surface area (Å²) < 4.78 is 10.7. The van der Waals surface area contributed by atoms with E-state index in [4.69, 9.17) is 9.47 Å². The molecule has 0 spiro atoms. The van der Waals surface area contributed by atoms with Gasteiger partial charge in [-0.1, -0.05) is 39.0 Å². The molecule has 5 nitrogen and oxygen atoms in total. The third-order valence-corrected chi connectivity index (χ3v) is 4.41. The van der Waals surface area contributed by atoms with Crippen molar-refractivity contribution in [3.63, 3.8) is 0 Å². The summed E-state index contributed by atoms with van der Waals surface area (Å²) in [4.78, 5) is 16.0. The first-order valence-electron chi connectivity index (χ1n) is 8.49. The number of rotatable bonds is 4. The first kappa shape index (κ1) is 17.9.